The summed E-state index contributed by atoms with van der Waals surface area (Å²) in [6, 6.07) is 7.26. The van der Waals surface area contributed by atoms with Crippen LogP contribution in [0.3, 0.4) is 0 Å². The molecule has 0 unspecified atom stereocenters. The number of nitrogens with one attached hydrogen (secondary N) is 1. The van der Waals surface area contributed by atoms with Crippen molar-refractivity contribution in [3.63, 3.8) is 0 Å². The average Bonchev–Trinajstić information content (AvgIpc) is 3.06. The molecule has 106 valence electrons. The van der Waals surface area contributed by atoms with Gasteiger partial charge in [0.15, 0.2) is 5.13 Å². The van der Waals surface area contributed by atoms with Crippen LogP contribution in [0.15, 0.2) is 24.3 Å². The van der Waals surface area contributed by atoms with E-state index in [9.17, 15) is 4.79 Å². The van der Waals surface area contributed by atoms with E-state index in [4.69, 9.17) is 5.73 Å². The maximum atomic E-state index is 12.4. The quantitative estimate of drug-likeness (QED) is 0.835. The predicted molar refractivity (Wildman–Crippen MR) is 84.5 cm³/mol. The Labute approximate surface area is 127 Å². The van der Waals surface area contributed by atoms with Crippen molar-refractivity contribution in [1.82, 2.24) is 4.98 Å². The third-order valence-electron chi connectivity index (χ3n) is 3.31. The van der Waals surface area contributed by atoms with Gasteiger partial charge in [0.05, 0.1) is 17.8 Å². The van der Waals surface area contributed by atoms with Crippen molar-refractivity contribution in [1.29, 1.82) is 0 Å². The number of aromatic nitrogens is 1. The monoisotopic (exact) mass is 297 g/mol. The van der Waals surface area contributed by atoms with Gasteiger partial charge in [-0.15, -0.1) is 11.3 Å². The number of thiazole rings is 1. The lowest BCUT2D eigenvalue weighted by Gasteiger charge is -2.04. The molecule has 0 atom stereocenters. The summed E-state index contributed by atoms with van der Waals surface area (Å²) in [4.78, 5) is 18.2. The van der Waals surface area contributed by atoms with Gasteiger partial charge < -0.3 is 5.73 Å². The number of amides is 1. The Balaban J connectivity index is 1.81. The topological polar surface area (TPSA) is 68.0 Å². The van der Waals surface area contributed by atoms with Gasteiger partial charge in [-0.3, -0.25) is 10.1 Å². The molecule has 0 saturated carbocycles. The molecule has 1 aromatic heterocycles. The molecule has 2 aromatic rings. The number of hydrogen-bond acceptors (Lipinski definition) is 4. The summed E-state index contributed by atoms with van der Waals surface area (Å²) in [5, 5.41) is 3.55. The number of benzene rings is 1. The third-order valence-corrected chi connectivity index (χ3v) is 4.39. The molecule has 0 bridgehead atoms. The number of carbonyl (C=O) groups excluding carboxylic acids is 1. The fraction of sp³-hybridized carbons (Fsp3) is 0.250. The van der Waals surface area contributed by atoms with Crippen LogP contribution in [0.2, 0.25) is 0 Å². The molecule has 0 spiro atoms. The van der Waals surface area contributed by atoms with Crippen LogP contribution in [-0.2, 0) is 12.8 Å². The molecule has 1 aliphatic rings. The highest BCUT2D eigenvalue weighted by Gasteiger charge is 2.18. The van der Waals surface area contributed by atoms with E-state index in [-0.39, 0.29) is 12.5 Å². The van der Waals surface area contributed by atoms with E-state index < -0.39 is 0 Å². The first-order valence-corrected chi connectivity index (χ1v) is 7.67. The zero-order valence-corrected chi connectivity index (χ0v) is 12.3. The fourth-order valence-electron chi connectivity index (χ4n) is 2.34. The predicted octanol–water partition coefficient (Wildman–Crippen LogP) is 2.19. The summed E-state index contributed by atoms with van der Waals surface area (Å²) < 4.78 is 0. The van der Waals surface area contributed by atoms with Crippen LogP contribution in [0.5, 0.6) is 0 Å². The zero-order valence-electron chi connectivity index (χ0n) is 11.5. The van der Waals surface area contributed by atoms with Gasteiger partial charge in [-0.25, -0.2) is 4.98 Å². The molecule has 1 heterocycles. The smallest absolute Gasteiger partial charge is 0.258 e. The van der Waals surface area contributed by atoms with Gasteiger partial charge in [-0.2, -0.15) is 0 Å². The van der Waals surface area contributed by atoms with Crippen LogP contribution in [0.25, 0.3) is 0 Å². The van der Waals surface area contributed by atoms with E-state index in [0.717, 1.165) is 18.5 Å². The number of hydrogen-bond donors (Lipinski definition) is 2. The molecule has 1 amide bonds. The van der Waals surface area contributed by atoms with Crippen LogP contribution < -0.4 is 11.1 Å². The normalized spacial score (nSPS) is 12.4. The lowest BCUT2D eigenvalue weighted by molar-refractivity contribution is 0.102. The van der Waals surface area contributed by atoms with E-state index in [0.29, 0.717) is 16.3 Å². The van der Waals surface area contributed by atoms with Gasteiger partial charge >= 0.3 is 0 Å². The first kappa shape index (κ1) is 13.8. The summed E-state index contributed by atoms with van der Waals surface area (Å²) in [7, 11) is 0. The zero-order chi connectivity index (χ0) is 14.7. The molecular weight excluding hydrogens is 282 g/mol. The highest BCUT2D eigenvalue weighted by atomic mass is 32.1. The first-order chi connectivity index (χ1) is 10.3. The Morgan fingerprint density at radius 2 is 2.24 bits per heavy atom. The Morgan fingerprint density at radius 3 is 3.05 bits per heavy atom. The van der Waals surface area contributed by atoms with Crippen LogP contribution in [0.4, 0.5) is 5.13 Å². The van der Waals surface area contributed by atoms with Gasteiger partial charge in [-0.1, -0.05) is 24.0 Å². The maximum absolute atomic E-state index is 12.4. The van der Waals surface area contributed by atoms with Gasteiger partial charge in [0.2, 0.25) is 0 Å². The number of nitrogens with two attached hydrogens (primary N) is 1. The third kappa shape index (κ3) is 2.97. The molecule has 3 N–H and O–H groups in total. The van der Waals surface area contributed by atoms with Crippen molar-refractivity contribution >= 4 is 22.4 Å². The SMILES string of the molecule is NCC#Cc1ccccc1C(=O)Nc1nc2c(s1)CCC2. The highest BCUT2D eigenvalue weighted by molar-refractivity contribution is 7.16. The number of carbonyl (C=O) groups is 1. The fourth-order valence-corrected chi connectivity index (χ4v) is 3.39. The second kappa shape index (κ2) is 6.08. The second-order valence-electron chi connectivity index (χ2n) is 4.75. The van der Waals surface area contributed by atoms with Crippen molar-refractivity contribution in [2.75, 3.05) is 11.9 Å². The van der Waals surface area contributed by atoms with Crippen molar-refractivity contribution in [3.8, 4) is 11.8 Å². The largest absolute Gasteiger partial charge is 0.320 e. The minimum absolute atomic E-state index is 0.177. The number of rotatable bonds is 2. The lowest BCUT2D eigenvalue weighted by Crippen LogP contribution is -2.13. The van der Waals surface area contributed by atoms with E-state index in [1.807, 2.05) is 18.2 Å². The number of anilines is 1. The molecule has 0 aliphatic heterocycles. The molecule has 21 heavy (non-hydrogen) atoms. The van der Waals surface area contributed by atoms with Crippen molar-refractivity contribution in [2.45, 2.75) is 19.3 Å². The van der Waals surface area contributed by atoms with Gasteiger partial charge in [0.1, 0.15) is 0 Å². The minimum Gasteiger partial charge on any atom is -0.320 e. The molecule has 1 aromatic carbocycles. The molecule has 0 saturated heterocycles. The average molecular weight is 297 g/mol. The summed E-state index contributed by atoms with van der Waals surface area (Å²) in [6.07, 6.45) is 3.25. The minimum atomic E-state index is -0.177. The maximum Gasteiger partial charge on any atom is 0.258 e. The summed E-state index contributed by atoms with van der Waals surface area (Å²) in [6.45, 7) is 0.273. The van der Waals surface area contributed by atoms with Gasteiger partial charge in [0, 0.05) is 10.4 Å². The Morgan fingerprint density at radius 1 is 1.38 bits per heavy atom. The Bertz CT molecular complexity index is 718. The molecule has 4 nitrogen and oxygen atoms in total. The number of aryl methyl sites for hydroxylation is 2. The molecule has 3 rings (SSSR count). The van der Waals surface area contributed by atoms with Crippen molar-refractivity contribution in [2.24, 2.45) is 5.73 Å². The summed E-state index contributed by atoms with van der Waals surface area (Å²) >= 11 is 1.57. The van der Waals surface area contributed by atoms with E-state index in [2.05, 4.69) is 22.1 Å². The Kier molecular flexibility index (Phi) is 4.00. The van der Waals surface area contributed by atoms with Gasteiger partial charge in [0.25, 0.3) is 5.91 Å². The number of nitrogens with zero attached hydrogens (tertiary/aromatic N) is 1. The van der Waals surface area contributed by atoms with E-state index in [1.54, 1.807) is 17.4 Å². The summed E-state index contributed by atoms with van der Waals surface area (Å²) in [5.74, 6) is 5.53. The first-order valence-electron chi connectivity index (χ1n) is 6.86. The molecule has 5 heteroatoms. The van der Waals surface area contributed by atoms with Crippen LogP contribution in [-0.4, -0.2) is 17.4 Å². The number of fused-ring (bicyclic) bond motifs is 1. The van der Waals surface area contributed by atoms with Crippen molar-refractivity contribution < 1.29 is 4.79 Å². The van der Waals surface area contributed by atoms with Crippen LogP contribution >= 0.6 is 11.3 Å². The molecule has 1 aliphatic carbocycles. The second-order valence-corrected chi connectivity index (χ2v) is 5.83. The Hall–Kier alpha value is -2.16. The van der Waals surface area contributed by atoms with Crippen LogP contribution in [0.1, 0.15) is 32.9 Å². The van der Waals surface area contributed by atoms with Crippen molar-refractivity contribution in [3.05, 3.63) is 46.0 Å². The lowest BCUT2D eigenvalue weighted by atomic mass is 10.1. The standard InChI is InChI=1S/C16H15N3OS/c17-10-4-6-11-5-1-2-7-12(11)15(20)19-16-18-13-8-3-9-14(13)21-16/h1-2,5,7H,3,8-10,17H2,(H,18,19,20). The molecular formula is C16H15N3OS. The highest BCUT2D eigenvalue weighted by Crippen LogP contribution is 2.30. The van der Waals surface area contributed by atoms with E-state index in [1.165, 1.54) is 11.3 Å². The summed E-state index contributed by atoms with van der Waals surface area (Å²) in [5.41, 5.74) is 7.75. The van der Waals surface area contributed by atoms with Crippen LogP contribution in [0, 0.1) is 11.8 Å². The molecule has 0 radical (unpaired) electrons. The van der Waals surface area contributed by atoms with Gasteiger partial charge in [-0.05, 0) is 31.4 Å². The van der Waals surface area contributed by atoms with E-state index >= 15 is 0 Å². The molecule has 0 fully saturated rings.